The van der Waals surface area contributed by atoms with Gasteiger partial charge in [0.2, 0.25) is 0 Å². The van der Waals surface area contributed by atoms with Gasteiger partial charge in [-0.1, -0.05) is 0 Å². The third-order valence-corrected chi connectivity index (χ3v) is 2.77. The molecular weight excluding hydrogens is 273 g/mol. The fourth-order valence-corrected chi connectivity index (χ4v) is 1.36. The van der Waals surface area contributed by atoms with Gasteiger partial charge in [-0.15, -0.1) is 0 Å². The second-order valence-corrected chi connectivity index (χ2v) is 4.91. The highest BCUT2D eigenvalue weighted by Crippen LogP contribution is 2.32. The number of rotatable bonds is 4. The molecule has 4 nitrogen and oxygen atoms in total. The number of aliphatic carboxylic acids is 1. The second kappa shape index (κ2) is 5.41. The number of carboxylic acids is 1. The standard InChI is InChI=1S/C13H13F3N2O2/c1-12(2,11(19)20)7-18-10-4-3-9(13(14,15)16)5-8(10)6-17/h3-5,18H,7H2,1-2H3,(H,19,20). The van der Waals surface area contributed by atoms with Gasteiger partial charge in [0.25, 0.3) is 0 Å². The van der Waals surface area contributed by atoms with Crippen molar-refractivity contribution < 1.29 is 23.1 Å². The van der Waals surface area contributed by atoms with Crippen molar-refractivity contribution in [2.24, 2.45) is 5.41 Å². The Bertz CT molecular complexity index is 560. The molecule has 0 saturated carbocycles. The van der Waals surface area contributed by atoms with E-state index in [9.17, 15) is 18.0 Å². The topological polar surface area (TPSA) is 73.1 Å². The average Bonchev–Trinajstić information content (AvgIpc) is 2.34. The fourth-order valence-electron chi connectivity index (χ4n) is 1.36. The molecule has 0 radical (unpaired) electrons. The molecule has 7 heteroatoms. The summed E-state index contributed by atoms with van der Waals surface area (Å²) in [5.74, 6) is -1.05. The van der Waals surface area contributed by atoms with Crippen LogP contribution in [0.1, 0.15) is 25.0 Å². The van der Waals surface area contributed by atoms with E-state index in [0.29, 0.717) is 0 Å². The Morgan fingerprint density at radius 2 is 2.00 bits per heavy atom. The van der Waals surface area contributed by atoms with E-state index in [0.717, 1.165) is 18.2 Å². The van der Waals surface area contributed by atoms with Gasteiger partial charge in [-0.25, -0.2) is 0 Å². The van der Waals surface area contributed by atoms with Gasteiger partial charge in [-0.2, -0.15) is 18.4 Å². The third-order valence-electron chi connectivity index (χ3n) is 2.77. The van der Waals surface area contributed by atoms with E-state index < -0.39 is 23.1 Å². The molecule has 0 saturated heterocycles. The molecule has 0 aliphatic heterocycles. The van der Waals surface area contributed by atoms with E-state index in [1.54, 1.807) is 6.07 Å². The van der Waals surface area contributed by atoms with Gasteiger partial charge in [-0.05, 0) is 32.0 Å². The van der Waals surface area contributed by atoms with Crippen LogP contribution in [0.2, 0.25) is 0 Å². The van der Waals surface area contributed by atoms with E-state index in [1.807, 2.05) is 0 Å². The van der Waals surface area contributed by atoms with Crippen LogP contribution in [0, 0.1) is 16.7 Å². The van der Waals surface area contributed by atoms with Gasteiger partial charge in [0.1, 0.15) is 6.07 Å². The molecule has 1 rings (SSSR count). The number of alkyl halides is 3. The summed E-state index contributed by atoms with van der Waals surface area (Å²) in [6.45, 7) is 2.93. The number of carboxylic acid groups (broad SMARTS) is 1. The van der Waals surface area contributed by atoms with Crippen molar-refractivity contribution in [3.05, 3.63) is 29.3 Å². The normalized spacial score (nSPS) is 11.8. The molecule has 0 bridgehead atoms. The molecule has 1 aromatic rings. The molecule has 0 amide bonds. The van der Waals surface area contributed by atoms with Crippen LogP contribution in [0.4, 0.5) is 18.9 Å². The van der Waals surface area contributed by atoms with Gasteiger partial charge in [0.05, 0.1) is 22.2 Å². The number of hydrogen-bond acceptors (Lipinski definition) is 3. The van der Waals surface area contributed by atoms with Crippen molar-refractivity contribution in [2.45, 2.75) is 20.0 Å². The van der Waals surface area contributed by atoms with Crippen LogP contribution in [0.15, 0.2) is 18.2 Å². The number of benzene rings is 1. The Morgan fingerprint density at radius 3 is 2.45 bits per heavy atom. The number of nitrogens with zero attached hydrogens (tertiary/aromatic N) is 1. The summed E-state index contributed by atoms with van der Waals surface area (Å²) in [5.41, 5.74) is -2.02. The average molecular weight is 286 g/mol. The van der Waals surface area contributed by atoms with Gasteiger partial charge >= 0.3 is 12.1 Å². The number of nitrogens with one attached hydrogen (secondary N) is 1. The molecule has 0 unspecified atom stereocenters. The van der Waals surface area contributed by atoms with Gasteiger partial charge < -0.3 is 10.4 Å². The zero-order chi connectivity index (χ0) is 15.6. The van der Waals surface area contributed by atoms with Crippen LogP contribution in [0.3, 0.4) is 0 Å². The highest BCUT2D eigenvalue weighted by molar-refractivity contribution is 5.74. The molecule has 0 aliphatic carbocycles. The second-order valence-electron chi connectivity index (χ2n) is 4.91. The molecule has 0 aliphatic rings. The summed E-state index contributed by atoms with van der Waals surface area (Å²) in [7, 11) is 0. The molecule has 0 aromatic heterocycles. The Hall–Kier alpha value is -2.23. The van der Waals surface area contributed by atoms with Gasteiger partial charge in [0, 0.05) is 6.54 Å². The molecule has 108 valence electrons. The van der Waals surface area contributed by atoms with Crippen molar-refractivity contribution in [1.82, 2.24) is 0 Å². The van der Waals surface area contributed by atoms with Crippen LogP contribution >= 0.6 is 0 Å². The Kier molecular flexibility index (Phi) is 4.28. The highest BCUT2D eigenvalue weighted by atomic mass is 19.4. The Labute approximate surface area is 113 Å². The maximum atomic E-state index is 12.5. The molecule has 1 aromatic carbocycles. The largest absolute Gasteiger partial charge is 0.481 e. The van der Waals surface area contributed by atoms with Crippen molar-refractivity contribution >= 4 is 11.7 Å². The van der Waals surface area contributed by atoms with Gasteiger partial charge in [-0.3, -0.25) is 4.79 Å². The number of carbonyl (C=O) groups is 1. The molecule has 20 heavy (non-hydrogen) atoms. The Balaban J connectivity index is 2.99. The predicted octanol–water partition coefficient (Wildman–Crippen LogP) is 3.10. The zero-order valence-electron chi connectivity index (χ0n) is 10.9. The molecular formula is C13H13F3N2O2. The molecule has 0 fully saturated rings. The zero-order valence-corrected chi connectivity index (χ0v) is 10.9. The monoisotopic (exact) mass is 286 g/mol. The smallest absolute Gasteiger partial charge is 0.416 e. The van der Waals surface area contributed by atoms with Crippen molar-refractivity contribution in [1.29, 1.82) is 5.26 Å². The van der Waals surface area contributed by atoms with Crippen molar-refractivity contribution in [2.75, 3.05) is 11.9 Å². The lowest BCUT2D eigenvalue weighted by Crippen LogP contribution is -2.32. The van der Waals surface area contributed by atoms with E-state index in [-0.39, 0.29) is 17.8 Å². The van der Waals surface area contributed by atoms with E-state index >= 15 is 0 Å². The van der Waals surface area contributed by atoms with Crippen LogP contribution in [-0.4, -0.2) is 17.6 Å². The first-order chi connectivity index (χ1) is 9.08. The summed E-state index contributed by atoms with van der Waals surface area (Å²) in [4.78, 5) is 10.9. The minimum Gasteiger partial charge on any atom is -0.481 e. The van der Waals surface area contributed by atoms with Crippen molar-refractivity contribution in [3.8, 4) is 6.07 Å². The number of nitriles is 1. The summed E-state index contributed by atoms with van der Waals surface area (Å²) >= 11 is 0. The van der Waals surface area contributed by atoms with Crippen LogP contribution in [0.5, 0.6) is 0 Å². The molecule has 2 N–H and O–H groups in total. The number of hydrogen-bond donors (Lipinski definition) is 2. The SMILES string of the molecule is CC(C)(CNc1ccc(C(F)(F)F)cc1C#N)C(=O)O. The fraction of sp³-hybridized carbons (Fsp3) is 0.385. The minimum atomic E-state index is -4.52. The third kappa shape index (κ3) is 3.63. The van der Waals surface area contributed by atoms with E-state index in [4.69, 9.17) is 10.4 Å². The van der Waals surface area contributed by atoms with Crippen LogP contribution in [0.25, 0.3) is 0 Å². The molecule has 0 atom stereocenters. The highest BCUT2D eigenvalue weighted by Gasteiger charge is 2.31. The van der Waals surface area contributed by atoms with E-state index in [2.05, 4.69) is 5.32 Å². The maximum absolute atomic E-state index is 12.5. The lowest BCUT2D eigenvalue weighted by Gasteiger charge is -2.21. The quantitative estimate of drug-likeness (QED) is 0.892. The minimum absolute atomic E-state index is 0.0115. The van der Waals surface area contributed by atoms with Crippen LogP contribution < -0.4 is 5.32 Å². The number of halogens is 3. The first-order valence-electron chi connectivity index (χ1n) is 5.66. The van der Waals surface area contributed by atoms with Gasteiger partial charge in [0.15, 0.2) is 0 Å². The maximum Gasteiger partial charge on any atom is 0.416 e. The molecule has 0 spiro atoms. The van der Waals surface area contributed by atoms with Crippen molar-refractivity contribution in [3.63, 3.8) is 0 Å². The van der Waals surface area contributed by atoms with E-state index in [1.165, 1.54) is 13.8 Å². The summed E-state index contributed by atoms with van der Waals surface area (Å²) in [6.07, 6.45) is -4.52. The predicted molar refractivity (Wildman–Crippen MR) is 66.1 cm³/mol. The summed E-state index contributed by atoms with van der Waals surface area (Å²) in [6, 6.07) is 4.36. The first kappa shape index (κ1) is 15.8. The lowest BCUT2D eigenvalue weighted by molar-refractivity contribution is -0.146. The summed E-state index contributed by atoms with van der Waals surface area (Å²) in [5, 5.41) is 20.5. The summed E-state index contributed by atoms with van der Waals surface area (Å²) < 4.78 is 37.5. The first-order valence-corrected chi connectivity index (χ1v) is 5.66. The molecule has 0 heterocycles. The van der Waals surface area contributed by atoms with Crippen LogP contribution in [-0.2, 0) is 11.0 Å². The lowest BCUT2D eigenvalue weighted by atomic mass is 9.93. The Morgan fingerprint density at radius 1 is 1.40 bits per heavy atom. The number of anilines is 1.